The van der Waals surface area contributed by atoms with Crippen LogP contribution in [0.15, 0.2) is 17.1 Å². The zero-order valence-corrected chi connectivity index (χ0v) is 18.7. The summed E-state index contributed by atoms with van der Waals surface area (Å²) >= 11 is 0. The molecule has 0 saturated carbocycles. The molecule has 1 saturated heterocycles. The van der Waals surface area contributed by atoms with E-state index in [2.05, 4.69) is 51.0 Å². The van der Waals surface area contributed by atoms with Crippen LogP contribution in [0.1, 0.15) is 25.0 Å². The van der Waals surface area contributed by atoms with Gasteiger partial charge in [0, 0.05) is 58.9 Å². The second-order valence-electron chi connectivity index (χ2n) is 7.89. The van der Waals surface area contributed by atoms with Gasteiger partial charge in [0.2, 0.25) is 0 Å². The number of rotatable bonds is 6. The van der Waals surface area contributed by atoms with Gasteiger partial charge in [0.05, 0.1) is 14.2 Å². The molecule has 2 aliphatic rings. The Labute approximate surface area is 175 Å². The Morgan fingerprint density at radius 3 is 2.31 bits per heavy atom. The first-order valence-corrected chi connectivity index (χ1v) is 10.7. The number of guanidine groups is 1. The van der Waals surface area contributed by atoms with E-state index in [1.165, 1.54) is 24.2 Å². The molecule has 2 heterocycles. The summed E-state index contributed by atoms with van der Waals surface area (Å²) in [4.78, 5) is 12.0. The highest BCUT2D eigenvalue weighted by Gasteiger charge is 2.24. The van der Waals surface area contributed by atoms with Crippen molar-refractivity contribution >= 4 is 5.96 Å². The van der Waals surface area contributed by atoms with Gasteiger partial charge in [0.15, 0.2) is 17.5 Å². The van der Waals surface area contributed by atoms with E-state index in [1.807, 2.05) is 7.05 Å². The maximum Gasteiger partial charge on any atom is 0.194 e. The molecular weight excluding hydrogens is 366 g/mol. The minimum absolute atomic E-state index is 0.493. The van der Waals surface area contributed by atoms with E-state index in [1.54, 1.807) is 14.2 Å². The molecule has 29 heavy (non-hydrogen) atoms. The fourth-order valence-corrected chi connectivity index (χ4v) is 4.28. The highest BCUT2D eigenvalue weighted by molar-refractivity contribution is 5.80. The van der Waals surface area contributed by atoms with Crippen molar-refractivity contribution in [3.8, 4) is 11.5 Å². The SMILES string of the molecule is CCN1CCN(C(C)CNC(=NC)N2CCc3cc(OC)c(OC)cc3C2)CC1. The molecule has 0 bridgehead atoms. The van der Waals surface area contributed by atoms with Crippen LogP contribution in [0.3, 0.4) is 0 Å². The number of ether oxygens (including phenoxy) is 2. The number of fused-ring (bicyclic) bond motifs is 1. The summed E-state index contributed by atoms with van der Waals surface area (Å²) in [6.07, 6.45) is 0.977. The molecule has 0 aromatic heterocycles. The predicted molar refractivity (Wildman–Crippen MR) is 118 cm³/mol. The first-order chi connectivity index (χ1) is 14.1. The number of piperazine rings is 1. The second-order valence-corrected chi connectivity index (χ2v) is 7.89. The standard InChI is InChI=1S/C22H37N5O2/c1-6-25-9-11-26(12-10-25)17(2)15-24-22(23-3)27-8-7-18-13-20(28-4)21(29-5)14-19(18)16-27/h13-14,17H,6-12,15-16H2,1-5H3,(H,23,24). The van der Waals surface area contributed by atoms with Crippen molar-refractivity contribution in [1.82, 2.24) is 20.0 Å². The molecule has 2 aliphatic heterocycles. The van der Waals surface area contributed by atoms with Gasteiger partial charge in [-0.15, -0.1) is 0 Å². The molecule has 1 atom stereocenters. The Morgan fingerprint density at radius 2 is 1.72 bits per heavy atom. The average Bonchev–Trinajstić information content (AvgIpc) is 2.78. The minimum Gasteiger partial charge on any atom is -0.493 e. The number of hydrogen-bond acceptors (Lipinski definition) is 5. The van der Waals surface area contributed by atoms with Crippen LogP contribution < -0.4 is 14.8 Å². The second kappa shape index (κ2) is 10.2. The smallest absolute Gasteiger partial charge is 0.194 e. The Bertz CT molecular complexity index is 701. The summed E-state index contributed by atoms with van der Waals surface area (Å²) in [7, 11) is 5.25. The van der Waals surface area contributed by atoms with E-state index in [-0.39, 0.29) is 0 Å². The summed E-state index contributed by atoms with van der Waals surface area (Å²) in [6.45, 7) is 13.0. The number of aliphatic imine (C=N–C) groups is 1. The van der Waals surface area contributed by atoms with Crippen LogP contribution in [0.2, 0.25) is 0 Å². The van der Waals surface area contributed by atoms with Gasteiger partial charge >= 0.3 is 0 Å². The zero-order valence-electron chi connectivity index (χ0n) is 18.7. The average molecular weight is 404 g/mol. The Hall–Kier alpha value is -1.99. The molecule has 7 nitrogen and oxygen atoms in total. The number of likely N-dealkylation sites (N-methyl/N-ethyl adjacent to an activating group) is 1. The lowest BCUT2D eigenvalue weighted by Gasteiger charge is -2.38. The number of nitrogens with one attached hydrogen (secondary N) is 1. The lowest BCUT2D eigenvalue weighted by molar-refractivity contribution is 0.107. The summed E-state index contributed by atoms with van der Waals surface area (Å²) < 4.78 is 10.9. The van der Waals surface area contributed by atoms with Gasteiger partial charge in [-0.1, -0.05) is 6.92 Å². The molecule has 1 fully saturated rings. The Balaban J connectivity index is 1.57. The lowest BCUT2D eigenvalue weighted by atomic mass is 9.99. The van der Waals surface area contributed by atoms with Crippen molar-refractivity contribution in [3.05, 3.63) is 23.3 Å². The minimum atomic E-state index is 0.493. The molecule has 7 heteroatoms. The molecule has 1 N–H and O–H groups in total. The van der Waals surface area contributed by atoms with Gasteiger partial charge < -0.3 is 24.6 Å². The number of methoxy groups -OCH3 is 2. The third-order valence-corrected chi connectivity index (χ3v) is 6.26. The highest BCUT2D eigenvalue weighted by Crippen LogP contribution is 2.33. The molecular formula is C22H37N5O2. The molecule has 1 aromatic rings. The molecule has 0 spiro atoms. The van der Waals surface area contributed by atoms with Gasteiger partial charge in [-0.3, -0.25) is 9.89 Å². The van der Waals surface area contributed by atoms with Gasteiger partial charge in [-0.2, -0.15) is 0 Å². The molecule has 3 rings (SSSR count). The van der Waals surface area contributed by atoms with E-state index in [4.69, 9.17) is 9.47 Å². The maximum atomic E-state index is 5.49. The molecule has 0 amide bonds. The fourth-order valence-electron chi connectivity index (χ4n) is 4.28. The summed E-state index contributed by atoms with van der Waals surface area (Å²) in [5, 5.41) is 3.61. The van der Waals surface area contributed by atoms with Crippen LogP contribution in [-0.2, 0) is 13.0 Å². The van der Waals surface area contributed by atoms with Crippen LogP contribution in [0.5, 0.6) is 11.5 Å². The quantitative estimate of drug-likeness (QED) is 0.576. The number of nitrogens with zero attached hydrogens (tertiary/aromatic N) is 4. The van der Waals surface area contributed by atoms with E-state index >= 15 is 0 Å². The van der Waals surface area contributed by atoms with E-state index < -0.39 is 0 Å². The van der Waals surface area contributed by atoms with Crippen molar-refractivity contribution in [2.75, 3.05) is 67.1 Å². The fraction of sp³-hybridized carbons (Fsp3) is 0.682. The maximum absolute atomic E-state index is 5.49. The zero-order chi connectivity index (χ0) is 20.8. The van der Waals surface area contributed by atoms with E-state index in [9.17, 15) is 0 Å². The topological polar surface area (TPSA) is 52.6 Å². The number of benzene rings is 1. The van der Waals surface area contributed by atoms with Crippen molar-refractivity contribution < 1.29 is 9.47 Å². The summed E-state index contributed by atoms with van der Waals surface area (Å²) in [5.41, 5.74) is 2.61. The van der Waals surface area contributed by atoms with Crippen molar-refractivity contribution in [1.29, 1.82) is 0 Å². The molecule has 1 aromatic carbocycles. The molecule has 0 radical (unpaired) electrons. The first-order valence-electron chi connectivity index (χ1n) is 10.7. The van der Waals surface area contributed by atoms with Crippen molar-refractivity contribution in [2.24, 2.45) is 4.99 Å². The number of hydrogen-bond donors (Lipinski definition) is 1. The highest BCUT2D eigenvalue weighted by atomic mass is 16.5. The van der Waals surface area contributed by atoms with Gasteiger partial charge in [0.1, 0.15) is 0 Å². The van der Waals surface area contributed by atoms with Crippen molar-refractivity contribution in [2.45, 2.75) is 32.9 Å². The van der Waals surface area contributed by atoms with Crippen LogP contribution in [0.25, 0.3) is 0 Å². The first kappa shape index (κ1) is 21.7. The summed E-state index contributed by atoms with van der Waals surface area (Å²) in [5.74, 6) is 2.57. The van der Waals surface area contributed by atoms with Crippen LogP contribution in [0, 0.1) is 0 Å². The van der Waals surface area contributed by atoms with Crippen LogP contribution in [-0.4, -0.2) is 93.8 Å². The molecule has 1 unspecified atom stereocenters. The van der Waals surface area contributed by atoms with Crippen LogP contribution >= 0.6 is 0 Å². The van der Waals surface area contributed by atoms with Crippen molar-refractivity contribution in [3.63, 3.8) is 0 Å². The van der Waals surface area contributed by atoms with Gasteiger partial charge in [-0.05, 0) is 43.1 Å². The predicted octanol–water partition coefficient (Wildman–Crippen LogP) is 1.66. The Kier molecular flexibility index (Phi) is 7.61. The third kappa shape index (κ3) is 5.14. The normalized spacial score (nSPS) is 19.6. The van der Waals surface area contributed by atoms with Gasteiger partial charge in [0.25, 0.3) is 0 Å². The monoisotopic (exact) mass is 403 g/mol. The van der Waals surface area contributed by atoms with E-state index in [0.717, 1.165) is 63.1 Å². The molecule has 0 aliphatic carbocycles. The van der Waals surface area contributed by atoms with E-state index in [0.29, 0.717) is 6.04 Å². The van der Waals surface area contributed by atoms with Crippen LogP contribution in [0.4, 0.5) is 0 Å². The largest absolute Gasteiger partial charge is 0.493 e. The summed E-state index contributed by atoms with van der Waals surface area (Å²) in [6, 6.07) is 4.70. The Morgan fingerprint density at radius 1 is 1.07 bits per heavy atom. The molecule has 162 valence electrons. The lowest BCUT2D eigenvalue weighted by Crippen LogP contribution is -2.53. The third-order valence-electron chi connectivity index (χ3n) is 6.26. The van der Waals surface area contributed by atoms with Gasteiger partial charge in [-0.25, -0.2) is 0 Å².